The number of amides is 3. The fraction of sp³-hybridized carbons (Fsp3) is 0.261. The number of hydrogen-bond acceptors (Lipinski definition) is 6. The minimum atomic E-state index is -0.596. The van der Waals surface area contributed by atoms with Crippen molar-refractivity contribution >= 4 is 23.4 Å². The monoisotopic (exact) mass is 444 g/mol. The summed E-state index contributed by atoms with van der Waals surface area (Å²) >= 11 is 0. The van der Waals surface area contributed by atoms with Crippen molar-refractivity contribution in [1.82, 2.24) is 9.80 Å². The maximum Gasteiger partial charge on any atom is 1.00 e. The summed E-state index contributed by atoms with van der Waals surface area (Å²) in [5.41, 5.74) is 0.828. The van der Waals surface area contributed by atoms with Crippen LogP contribution in [0.3, 0.4) is 0 Å². The third kappa shape index (κ3) is 5.39. The van der Waals surface area contributed by atoms with Crippen LogP contribution < -0.4 is 24.2 Å². The van der Waals surface area contributed by atoms with Gasteiger partial charge in [-0.05, 0) is 17.8 Å². The zero-order valence-corrected chi connectivity index (χ0v) is 19.3. The van der Waals surface area contributed by atoms with E-state index in [4.69, 9.17) is 4.74 Å². The first-order chi connectivity index (χ1) is 15.3. The maximum atomic E-state index is 12.8. The van der Waals surface area contributed by atoms with Gasteiger partial charge in [-0.1, -0.05) is 48.0 Å². The van der Waals surface area contributed by atoms with Gasteiger partial charge in [-0.2, -0.15) is 0 Å². The van der Waals surface area contributed by atoms with Gasteiger partial charge < -0.3 is 25.4 Å². The van der Waals surface area contributed by atoms with Crippen LogP contribution in [0.4, 0.5) is 5.69 Å². The van der Waals surface area contributed by atoms with E-state index >= 15 is 0 Å². The summed E-state index contributed by atoms with van der Waals surface area (Å²) in [4.78, 5) is 40.2. The second-order valence-corrected chi connectivity index (χ2v) is 7.43. The van der Waals surface area contributed by atoms with Gasteiger partial charge in [0.15, 0.2) is 5.75 Å². The molecular formula is C23H25LiN4O5. The number of anilines is 1. The quantitative estimate of drug-likeness (QED) is 0.322. The van der Waals surface area contributed by atoms with Crippen LogP contribution in [0.5, 0.6) is 5.75 Å². The number of imide groups is 1. The number of likely N-dealkylation sites (N-methyl/N-ethyl adjacent to an activating group) is 1. The largest absolute Gasteiger partial charge is 1.00 e. The molecule has 0 aromatic heterocycles. The normalized spacial score (nSPS) is 14.1. The summed E-state index contributed by atoms with van der Waals surface area (Å²) in [6, 6.07) is 13.3. The van der Waals surface area contributed by atoms with Gasteiger partial charge in [-0.15, -0.1) is 0 Å². The number of phenolic OH excluding ortho intramolecular Hbond substituents is 1. The summed E-state index contributed by atoms with van der Waals surface area (Å²) < 4.78 is 5.27. The molecule has 3 amide bonds. The average Bonchev–Trinajstić information content (AvgIpc) is 2.98. The topological polar surface area (TPSA) is 113 Å². The number of nitrogens with one attached hydrogen (secondary N) is 1. The predicted molar refractivity (Wildman–Crippen MR) is 119 cm³/mol. The molecule has 0 spiro atoms. The first kappa shape index (κ1) is 26.0. The molecule has 2 N–H and O–H groups in total. The zero-order valence-electron chi connectivity index (χ0n) is 19.3. The average molecular weight is 444 g/mol. The number of aromatic hydroxyl groups is 1. The van der Waals surface area contributed by atoms with Gasteiger partial charge in [0.05, 0.1) is 16.9 Å². The number of hydrogen-bond donors (Lipinski definition) is 2. The Hall–Kier alpha value is -3.25. The summed E-state index contributed by atoms with van der Waals surface area (Å²) in [5.74, 6) is -1.90. The van der Waals surface area contributed by atoms with E-state index in [2.05, 4.69) is 10.6 Å². The van der Waals surface area contributed by atoms with E-state index in [-0.39, 0.29) is 53.9 Å². The number of methoxy groups -OCH3 is 1. The smallest absolute Gasteiger partial charge is 0.670 e. The summed E-state index contributed by atoms with van der Waals surface area (Å²) in [6.45, 7) is 0.198. The number of rotatable bonds is 8. The number of carbonyl (C=O) groups excluding carboxylic acids is 3. The van der Waals surface area contributed by atoms with Gasteiger partial charge >= 0.3 is 18.9 Å². The van der Waals surface area contributed by atoms with Gasteiger partial charge in [0.25, 0.3) is 11.8 Å². The van der Waals surface area contributed by atoms with Crippen LogP contribution >= 0.6 is 0 Å². The van der Waals surface area contributed by atoms with Crippen LogP contribution in [0.1, 0.15) is 22.0 Å². The standard InChI is InChI=1S/C23H26N4O5.Li/c1-26(2)21(29)15-11-8-12-16(20(15)28)24-18-19(23(31)27(3)22(18)30)25-17(13-32-4)14-9-6-5-7-10-14;/h5-12,17H,13H2,1-4H3,(H3,24,25,28,29,30,31);/q;+1/p-1/t17-;/m1./s1. The van der Waals surface area contributed by atoms with E-state index in [0.717, 1.165) is 10.5 Å². The van der Waals surface area contributed by atoms with E-state index in [1.54, 1.807) is 20.2 Å². The Labute approximate surface area is 204 Å². The maximum absolute atomic E-state index is 12.8. The van der Waals surface area contributed by atoms with Crippen molar-refractivity contribution < 1.29 is 43.1 Å². The summed E-state index contributed by atoms with van der Waals surface area (Å²) in [5, 5.41) is 18.0. The molecule has 0 fully saturated rings. The molecule has 0 saturated carbocycles. The minimum Gasteiger partial charge on any atom is -0.670 e. The fourth-order valence-electron chi connectivity index (χ4n) is 3.25. The van der Waals surface area contributed by atoms with Crippen molar-refractivity contribution in [3.05, 3.63) is 76.4 Å². The number of carbonyl (C=O) groups is 3. The Morgan fingerprint density at radius 1 is 1.12 bits per heavy atom. The van der Waals surface area contributed by atoms with Crippen molar-refractivity contribution in [3.8, 4) is 5.75 Å². The summed E-state index contributed by atoms with van der Waals surface area (Å²) in [6.07, 6.45) is 0. The molecule has 0 radical (unpaired) electrons. The molecule has 10 heteroatoms. The van der Waals surface area contributed by atoms with Crippen molar-refractivity contribution in [2.45, 2.75) is 6.04 Å². The van der Waals surface area contributed by atoms with Crippen LogP contribution in [0.25, 0.3) is 5.32 Å². The van der Waals surface area contributed by atoms with E-state index in [9.17, 15) is 19.5 Å². The number of benzene rings is 2. The van der Waals surface area contributed by atoms with Crippen LogP contribution in [0.15, 0.2) is 59.9 Å². The van der Waals surface area contributed by atoms with Gasteiger partial charge in [-0.3, -0.25) is 19.3 Å². The Morgan fingerprint density at radius 2 is 1.79 bits per heavy atom. The van der Waals surface area contributed by atoms with Gasteiger partial charge in [0.2, 0.25) is 5.91 Å². The third-order valence-electron chi connectivity index (χ3n) is 4.99. The van der Waals surface area contributed by atoms with E-state index < -0.39 is 23.8 Å². The molecule has 0 unspecified atom stereocenters. The fourth-order valence-corrected chi connectivity index (χ4v) is 3.25. The van der Waals surface area contributed by atoms with E-state index in [0.29, 0.717) is 0 Å². The summed E-state index contributed by atoms with van der Waals surface area (Å²) in [7, 11) is 6.01. The Bertz CT molecular complexity index is 1070. The molecule has 1 aliphatic heterocycles. The van der Waals surface area contributed by atoms with E-state index in [1.165, 1.54) is 31.2 Å². The first-order valence-corrected chi connectivity index (χ1v) is 9.88. The Kier molecular flexibility index (Phi) is 8.71. The van der Waals surface area contributed by atoms with Crippen LogP contribution in [-0.2, 0) is 14.3 Å². The molecule has 33 heavy (non-hydrogen) atoms. The minimum absolute atomic E-state index is 0. The molecular weight excluding hydrogens is 419 g/mol. The van der Waals surface area contributed by atoms with Crippen molar-refractivity contribution in [2.75, 3.05) is 40.2 Å². The van der Waals surface area contributed by atoms with Gasteiger partial charge in [0.1, 0.15) is 0 Å². The molecule has 1 atom stereocenters. The molecule has 1 aliphatic rings. The number of para-hydroxylation sites is 1. The molecule has 2 aromatic carbocycles. The number of phenols is 1. The van der Waals surface area contributed by atoms with Crippen molar-refractivity contribution in [1.29, 1.82) is 0 Å². The molecule has 1 heterocycles. The molecule has 0 aliphatic carbocycles. The zero-order chi connectivity index (χ0) is 23.4. The second kappa shape index (κ2) is 11.1. The molecule has 9 nitrogen and oxygen atoms in total. The van der Waals surface area contributed by atoms with Crippen molar-refractivity contribution in [2.24, 2.45) is 0 Å². The molecule has 168 valence electrons. The SMILES string of the molecule is COC[C@@H]([N-]C1=C(Nc2cccc(C(=O)N(C)C)c2O)C(=O)N(C)C1=O)c1ccccc1.[Li+]. The van der Waals surface area contributed by atoms with Crippen LogP contribution in [-0.4, -0.2) is 67.5 Å². The number of ether oxygens (including phenoxy) is 1. The molecule has 0 saturated heterocycles. The van der Waals surface area contributed by atoms with Crippen LogP contribution in [0.2, 0.25) is 0 Å². The molecule has 0 bridgehead atoms. The van der Waals surface area contributed by atoms with Gasteiger partial charge in [0, 0.05) is 34.9 Å². The Morgan fingerprint density at radius 3 is 2.39 bits per heavy atom. The molecule has 2 aromatic rings. The van der Waals surface area contributed by atoms with E-state index in [1.807, 2.05) is 30.3 Å². The van der Waals surface area contributed by atoms with Crippen molar-refractivity contribution in [3.63, 3.8) is 0 Å². The van der Waals surface area contributed by atoms with Crippen LogP contribution in [0, 0.1) is 0 Å². The third-order valence-corrected chi connectivity index (χ3v) is 4.99. The first-order valence-electron chi connectivity index (χ1n) is 9.88. The number of nitrogens with zero attached hydrogens (tertiary/aromatic N) is 3. The second-order valence-electron chi connectivity index (χ2n) is 7.43. The predicted octanol–water partition coefficient (Wildman–Crippen LogP) is -0.518. The molecule has 3 rings (SSSR count). The van der Waals surface area contributed by atoms with Gasteiger partial charge in [-0.25, -0.2) is 0 Å². The Balaban J connectivity index is 0.00000385.